The van der Waals surface area contributed by atoms with Crippen molar-refractivity contribution in [3.8, 4) is 0 Å². The van der Waals surface area contributed by atoms with Gasteiger partial charge in [0, 0.05) is 12.2 Å². The van der Waals surface area contributed by atoms with Gasteiger partial charge < -0.3 is 16.2 Å². The monoisotopic (exact) mass is 237 g/mol. The van der Waals surface area contributed by atoms with Crippen molar-refractivity contribution in [2.45, 2.75) is 6.54 Å². The summed E-state index contributed by atoms with van der Waals surface area (Å²) in [5, 5.41) is 0. The van der Waals surface area contributed by atoms with Crippen molar-refractivity contribution < 1.29 is 14.3 Å². The summed E-state index contributed by atoms with van der Waals surface area (Å²) in [6, 6.07) is 7.02. The van der Waals surface area contributed by atoms with Gasteiger partial charge in [0.15, 0.2) is 0 Å². The van der Waals surface area contributed by atoms with Gasteiger partial charge in [-0.3, -0.25) is 9.69 Å². The minimum absolute atomic E-state index is 0.193. The van der Waals surface area contributed by atoms with E-state index in [4.69, 9.17) is 11.5 Å². The molecule has 0 aliphatic carbocycles. The topological polar surface area (TPSA) is 98.6 Å². The molecule has 1 aromatic rings. The van der Waals surface area contributed by atoms with Crippen molar-refractivity contribution in [3.63, 3.8) is 0 Å². The van der Waals surface area contributed by atoms with Crippen LogP contribution in [-0.2, 0) is 16.1 Å². The van der Waals surface area contributed by atoms with Crippen LogP contribution in [0.4, 0.5) is 10.5 Å². The van der Waals surface area contributed by atoms with Crippen molar-refractivity contribution in [1.82, 2.24) is 4.90 Å². The summed E-state index contributed by atoms with van der Waals surface area (Å²) in [5.41, 5.74) is 12.1. The van der Waals surface area contributed by atoms with Crippen LogP contribution in [0.2, 0.25) is 0 Å². The van der Waals surface area contributed by atoms with E-state index in [0.717, 1.165) is 5.56 Å². The molecule has 0 unspecified atom stereocenters. The lowest BCUT2D eigenvalue weighted by Crippen LogP contribution is -2.37. The number of ether oxygens (including phenoxy) is 1. The van der Waals surface area contributed by atoms with Crippen molar-refractivity contribution in [2.75, 3.05) is 19.4 Å². The molecule has 0 saturated heterocycles. The average molecular weight is 237 g/mol. The highest BCUT2D eigenvalue weighted by molar-refractivity contribution is 5.80. The number of primary amides is 1. The number of rotatable bonds is 4. The van der Waals surface area contributed by atoms with Crippen LogP contribution in [0.1, 0.15) is 5.56 Å². The molecule has 0 aliphatic heterocycles. The molecule has 0 aliphatic rings. The fraction of sp³-hybridized carbons (Fsp3) is 0.273. The zero-order chi connectivity index (χ0) is 12.8. The Morgan fingerprint density at radius 2 is 2.12 bits per heavy atom. The normalized spacial score (nSPS) is 9.71. The Bertz CT molecular complexity index is 420. The standard InChI is InChI=1S/C11H15N3O3/c1-17-11(16)14(7-10(13)15)6-8-3-2-4-9(12)5-8/h2-5H,6-7,12H2,1H3,(H2,13,15). The summed E-state index contributed by atoms with van der Waals surface area (Å²) < 4.78 is 4.56. The fourth-order valence-corrected chi connectivity index (χ4v) is 1.41. The molecule has 0 atom stereocenters. The molecule has 17 heavy (non-hydrogen) atoms. The molecule has 0 aromatic heterocycles. The molecule has 0 heterocycles. The molecule has 0 fully saturated rings. The minimum Gasteiger partial charge on any atom is -0.453 e. The van der Waals surface area contributed by atoms with Crippen molar-refractivity contribution in [1.29, 1.82) is 0 Å². The lowest BCUT2D eigenvalue weighted by Gasteiger charge is -2.19. The summed E-state index contributed by atoms with van der Waals surface area (Å²) in [6.07, 6.45) is -0.605. The van der Waals surface area contributed by atoms with Gasteiger partial charge in [0.1, 0.15) is 6.54 Å². The van der Waals surface area contributed by atoms with Crippen LogP contribution in [0.25, 0.3) is 0 Å². The highest BCUT2D eigenvalue weighted by atomic mass is 16.5. The van der Waals surface area contributed by atoms with Gasteiger partial charge in [-0.15, -0.1) is 0 Å². The first-order valence-electron chi connectivity index (χ1n) is 4.98. The molecule has 1 aromatic carbocycles. The largest absolute Gasteiger partial charge is 0.453 e. The van der Waals surface area contributed by atoms with Crippen LogP contribution in [0.3, 0.4) is 0 Å². The minimum atomic E-state index is -0.605. The van der Waals surface area contributed by atoms with E-state index in [-0.39, 0.29) is 13.1 Å². The van der Waals surface area contributed by atoms with E-state index in [9.17, 15) is 9.59 Å². The highest BCUT2D eigenvalue weighted by Crippen LogP contribution is 2.10. The van der Waals surface area contributed by atoms with Crippen LogP contribution < -0.4 is 11.5 Å². The van der Waals surface area contributed by atoms with E-state index in [1.54, 1.807) is 24.3 Å². The van der Waals surface area contributed by atoms with E-state index in [1.165, 1.54) is 12.0 Å². The third-order valence-electron chi connectivity index (χ3n) is 2.10. The highest BCUT2D eigenvalue weighted by Gasteiger charge is 2.16. The summed E-state index contributed by atoms with van der Waals surface area (Å²) >= 11 is 0. The van der Waals surface area contributed by atoms with Crippen LogP contribution in [0.5, 0.6) is 0 Å². The Labute approximate surface area is 99.1 Å². The molecule has 1 rings (SSSR count). The Hall–Kier alpha value is -2.24. The second-order valence-electron chi connectivity index (χ2n) is 3.54. The van der Waals surface area contributed by atoms with E-state index in [1.807, 2.05) is 0 Å². The number of anilines is 1. The molecule has 0 radical (unpaired) electrons. The number of carbonyl (C=O) groups excluding carboxylic acids is 2. The lowest BCUT2D eigenvalue weighted by atomic mass is 10.2. The predicted octanol–water partition coefficient (Wildman–Crippen LogP) is 0.322. The van der Waals surface area contributed by atoms with Crippen LogP contribution >= 0.6 is 0 Å². The van der Waals surface area contributed by atoms with Gasteiger partial charge in [-0.1, -0.05) is 12.1 Å². The van der Waals surface area contributed by atoms with Crippen LogP contribution in [-0.4, -0.2) is 30.6 Å². The molecule has 0 saturated carbocycles. The van der Waals surface area contributed by atoms with Crippen molar-refractivity contribution in [3.05, 3.63) is 29.8 Å². The van der Waals surface area contributed by atoms with Gasteiger partial charge in [0.05, 0.1) is 7.11 Å². The molecular weight excluding hydrogens is 222 g/mol. The number of nitrogens with zero attached hydrogens (tertiary/aromatic N) is 1. The van der Waals surface area contributed by atoms with Crippen molar-refractivity contribution in [2.24, 2.45) is 5.73 Å². The number of hydrogen-bond donors (Lipinski definition) is 2. The molecule has 0 bridgehead atoms. The second-order valence-corrected chi connectivity index (χ2v) is 3.54. The summed E-state index contributed by atoms with van der Waals surface area (Å²) in [6.45, 7) is 0.0299. The zero-order valence-electron chi connectivity index (χ0n) is 9.55. The van der Waals surface area contributed by atoms with Gasteiger partial charge in [0.2, 0.25) is 5.91 Å². The van der Waals surface area contributed by atoms with Crippen molar-refractivity contribution >= 4 is 17.7 Å². The number of amides is 2. The average Bonchev–Trinajstić information content (AvgIpc) is 2.26. The van der Waals surface area contributed by atoms with E-state index in [0.29, 0.717) is 5.69 Å². The molecule has 6 heteroatoms. The summed E-state index contributed by atoms with van der Waals surface area (Å²) in [5.74, 6) is -0.598. The summed E-state index contributed by atoms with van der Waals surface area (Å²) in [7, 11) is 1.25. The first-order chi connectivity index (χ1) is 8.02. The first-order valence-corrected chi connectivity index (χ1v) is 4.98. The Balaban J connectivity index is 2.78. The maximum atomic E-state index is 11.4. The Kier molecular flexibility index (Phi) is 4.33. The number of nitrogen functional groups attached to an aromatic ring is 1. The molecule has 2 amide bonds. The molecule has 6 nitrogen and oxygen atoms in total. The van der Waals surface area contributed by atoms with E-state index >= 15 is 0 Å². The quantitative estimate of drug-likeness (QED) is 0.737. The Morgan fingerprint density at radius 3 is 2.65 bits per heavy atom. The fourth-order valence-electron chi connectivity index (χ4n) is 1.41. The van der Waals surface area contributed by atoms with Gasteiger partial charge in [0.25, 0.3) is 0 Å². The molecule has 0 spiro atoms. The number of benzene rings is 1. The Morgan fingerprint density at radius 1 is 1.41 bits per heavy atom. The zero-order valence-corrected chi connectivity index (χ0v) is 9.55. The SMILES string of the molecule is COC(=O)N(CC(N)=O)Cc1cccc(N)c1. The first kappa shape index (κ1) is 12.8. The molecule has 92 valence electrons. The maximum absolute atomic E-state index is 11.4. The van der Waals surface area contributed by atoms with Gasteiger partial charge >= 0.3 is 6.09 Å². The number of hydrogen-bond acceptors (Lipinski definition) is 4. The number of methoxy groups -OCH3 is 1. The van der Waals surface area contributed by atoms with Gasteiger partial charge in [-0.25, -0.2) is 4.79 Å². The predicted molar refractivity (Wildman–Crippen MR) is 62.9 cm³/mol. The third-order valence-corrected chi connectivity index (χ3v) is 2.10. The third kappa shape index (κ3) is 4.02. The lowest BCUT2D eigenvalue weighted by molar-refractivity contribution is -0.119. The smallest absolute Gasteiger partial charge is 0.410 e. The number of carbonyl (C=O) groups is 2. The van der Waals surface area contributed by atoms with E-state index < -0.39 is 12.0 Å². The molecule has 4 N–H and O–H groups in total. The molecular formula is C11H15N3O3. The summed E-state index contributed by atoms with van der Waals surface area (Å²) in [4.78, 5) is 23.4. The van der Waals surface area contributed by atoms with Gasteiger partial charge in [-0.05, 0) is 17.7 Å². The van der Waals surface area contributed by atoms with Crippen LogP contribution in [0.15, 0.2) is 24.3 Å². The maximum Gasteiger partial charge on any atom is 0.410 e. The van der Waals surface area contributed by atoms with Gasteiger partial charge in [-0.2, -0.15) is 0 Å². The number of nitrogens with two attached hydrogens (primary N) is 2. The van der Waals surface area contributed by atoms with E-state index in [2.05, 4.69) is 4.74 Å². The van der Waals surface area contributed by atoms with Crippen LogP contribution in [0, 0.1) is 0 Å². The second kappa shape index (κ2) is 5.74.